The fraction of sp³-hybridized carbons (Fsp3) is 0.750. The monoisotopic (exact) mass is 374 g/mol. The van der Waals surface area contributed by atoms with Gasteiger partial charge in [-0.2, -0.15) is 5.26 Å². The van der Waals surface area contributed by atoms with Crippen LogP contribution in [-0.4, -0.2) is 26.8 Å². The molecule has 0 unspecified atom stereocenters. The molecule has 0 atom stereocenters. The van der Waals surface area contributed by atoms with Crippen molar-refractivity contribution in [3.8, 4) is 6.07 Å². The van der Waals surface area contributed by atoms with Crippen LogP contribution >= 0.6 is 11.8 Å². The highest BCUT2D eigenvalue weighted by Gasteiger charge is 2.33. The first-order valence-corrected chi connectivity index (χ1v) is 10.9. The zero-order chi connectivity index (χ0) is 18.6. The van der Waals surface area contributed by atoms with Crippen molar-refractivity contribution in [2.24, 2.45) is 0 Å². The van der Waals surface area contributed by atoms with Gasteiger partial charge in [0.15, 0.2) is 5.16 Å². The van der Waals surface area contributed by atoms with Crippen molar-refractivity contribution in [3.63, 3.8) is 0 Å². The van der Waals surface area contributed by atoms with E-state index in [0.29, 0.717) is 11.8 Å². The van der Waals surface area contributed by atoms with Crippen molar-refractivity contribution in [2.75, 3.05) is 5.75 Å². The largest absolute Gasteiger partial charge is 0.337 e. The molecule has 5 nitrogen and oxygen atoms in total. The quantitative estimate of drug-likeness (QED) is 0.774. The number of nitriles is 1. The lowest BCUT2D eigenvalue weighted by molar-refractivity contribution is -0.120. The van der Waals surface area contributed by atoms with Crippen molar-refractivity contribution in [2.45, 2.75) is 94.8 Å². The van der Waals surface area contributed by atoms with Crippen molar-refractivity contribution < 1.29 is 4.79 Å². The van der Waals surface area contributed by atoms with Crippen LogP contribution in [0.2, 0.25) is 0 Å². The molecule has 1 N–H and O–H groups in total. The molecule has 3 rings (SSSR count). The minimum Gasteiger partial charge on any atom is -0.337 e. The Hall–Kier alpha value is -1.48. The average Bonchev–Trinajstić information content (AvgIpc) is 2.95. The molecule has 1 amide bonds. The average molecular weight is 375 g/mol. The predicted octanol–water partition coefficient (Wildman–Crippen LogP) is 4.44. The second kappa shape index (κ2) is 8.47. The van der Waals surface area contributed by atoms with Gasteiger partial charge in [0, 0.05) is 11.7 Å². The van der Waals surface area contributed by atoms with Crippen molar-refractivity contribution >= 4 is 17.7 Å². The van der Waals surface area contributed by atoms with E-state index in [1.807, 2.05) is 6.92 Å². The van der Waals surface area contributed by atoms with Crippen molar-refractivity contribution in [1.29, 1.82) is 5.26 Å². The molecule has 0 bridgehead atoms. The summed E-state index contributed by atoms with van der Waals surface area (Å²) in [5, 5.41) is 13.5. The summed E-state index contributed by atoms with van der Waals surface area (Å²) in [5.74, 6) is 0.276. The number of amides is 1. The van der Waals surface area contributed by atoms with Crippen LogP contribution < -0.4 is 5.32 Å². The number of hydrogen-bond acceptors (Lipinski definition) is 4. The number of imidazole rings is 1. The molecule has 2 fully saturated rings. The third-order valence-electron chi connectivity index (χ3n) is 5.93. The van der Waals surface area contributed by atoms with E-state index in [2.05, 4.69) is 22.9 Å². The minimum absolute atomic E-state index is 0.0491. The molecule has 1 heterocycles. The van der Waals surface area contributed by atoms with Crippen LogP contribution in [0.25, 0.3) is 0 Å². The van der Waals surface area contributed by atoms with Gasteiger partial charge in [0.2, 0.25) is 5.91 Å². The molecule has 0 aliphatic heterocycles. The summed E-state index contributed by atoms with van der Waals surface area (Å²) in [6, 6.07) is 2.87. The molecular formula is C20H30N4OS. The number of carbonyl (C=O) groups is 1. The topological polar surface area (TPSA) is 70.7 Å². The Morgan fingerprint density at radius 3 is 2.54 bits per heavy atom. The molecular weight excluding hydrogens is 344 g/mol. The first-order chi connectivity index (χ1) is 12.5. The molecule has 2 aliphatic carbocycles. The summed E-state index contributed by atoms with van der Waals surface area (Å²) in [6.45, 7) is 4.18. The Labute approximate surface area is 160 Å². The first kappa shape index (κ1) is 19.3. The second-order valence-electron chi connectivity index (χ2n) is 7.82. The maximum atomic E-state index is 12.5. The van der Waals surface area contributed by atoms with E-state index in [0.717, 1.165) is 43.0 Å². The SMILES string of the molecule is Cc1nc(SCC(=O)NC2(C#N)CCCCC2)n(C2CCCCC2)c1C. The Balaban J connectivity index is 1.65. The molecule has 142 valence electrons. The number of aromatic nitrogens is 2. The van der Waals surface area contributed by atoms with Crippen molar-refractivity contribution in [3.05, 3.63) is 11.4 Å². The van der Waals surface area contributed by atoms with Crippen LogP contribution in [0.15, 0.2) is 5.16 Å². The number of thioether (sulfide) groups is 1. The molecule has 0 spiro atoms. The fourth-order valence-corrected chi connectivity index (χ4v) is 5.28. The van der Waals surface area contributed by atoms with E-state index in [4.69, 9.17) is 4.98 Å². The second-order valence-corrected chi connectivity index (χ2v) is 8.76. The highest BCUT2D eigenvalue weighted by Crippen LogP contribution is 2.34. The van der Waals surface area contributed by atoms with Gasteiger partial charge in [-0.05, 0) is 39.5 Å². The van der Waals surface area contributed by atoms with E-state index in [-0.39, 0.29) is 5.91 Å². The maximum Gasteiger partial charge on any atom is 0.231 e. The molecule has 0 aromatic carbocycles. The van der Waals surface area contributed by atoms with Gasteiger partial charge in [-0.3, -0.25) is 4.79 Å². The lowest BCUT2D eigenvalue weighted by Crippen LogP contribution is -2.49. The van der Waals surface area contributed by atoms with Gasteiger partial charge in [-0.25, -0.2) is 4.98 Å². The molecule has 0 saturated heterocycles. The molecule has 6 heteroatoms. The van der Waals surface area contributed by atoms with Crippen LogP contribution in [0, 0.1) is 25.2 Å². The van der Waals surface area contributed by atoms with E-state index in [1.54, 1.807) is 0 Å². The first-order valence-electron chi connectivity index (χ1n) is 9.95. The fourth-order valence-electron chi connectivity index (χ4n) is 4.32. The minimum atomic E-state index is -0.652. The van der Waals surface area contributed by atoms with E-state index >= 15 is 0 Å². The van der Waals surface area contributed by atoms with Gasteiger partial charge in [0.1, 0.15) is 5.54 Å². The van der Waals surface area contributed by atoms with Crippen LogP contribution in [0.4, 0.5) is 0 Å². The third-order valence-corrected chi connectivity index (χ3v) is 6.88. The van der Waals surface area contributed by atoms with Crippen molar-refractivity contribution in [1.82, 2.24) is 14.9 Å². The van der Waals surface area contributed by atoms with E-state index < -0.39 is 5.54 Å². The van der Waals surface area contributed by atoms with Crippen LogP contribution in [0.3, 0.4) is 0 Å². The summed E-state index contributed by atoms with van der Waals surface area (Å²) < 4.78 is 2.35. The number of nitrogens with zero attached hydrogens (tertiary/aromatic N) is 3. The molecule has 1 aromatic heterocycles. The summed E-state index contributed by atoms with van der Waals surface area (Å²) >= 11 is 1.51. The van der Waals surface area contributed by atoms with Gasteiger partial charge >= 0.3 is 0 Å². The number of hydrogen-bond donors (Lipinski definition) is 1. The smallest absolute Gasteiger partial charge is 0.231 e. The molecule has 0 radical (unpaired) electrons. The molecule has 26 heavy (non-hydrogen) atoms. The standard InChI is InChI=1S/C20H30N4OS/c1-15-16(2)24(17-9-5-3-6-10-17)19(22-15)26-13-18(25)23-20(14-21)11-7-4-8-12-20/h17H,3-13H2,1-2H3,(H,23,25). The molecule has 1 aromatic rings. The lowest BCUT2D eigenvalue weighted by atomic mass is 9.83. The zero-order valence-electron chi connectivity index (χ0n) is 16.0. The van der Waals surface area contributed by atoms with Crippen LogP contribution in [0.5, 0.6) is 0 Å². The summed E-state index contributed by atoms with van der Waals surface area (Å²) in [5.41, 5.74) is 1.63. The summed E-state index contributed by atoms with van der Waals surface area (Å²) in [4.78, 5) is 17.2. The maximum absolute atomic E-state index is 12.5. The Morgan fingerprint density at radius 1 is 1.23 bits per heavy atom. The van der Waals surface area contributed by atoms with Gasteiger partial charge in [0.25, 0.3) is 0 Å². The molecule has 2 saturated carbocycles. The zero-order valence-corrected chi connectivity index (χ0v) is 16.8. The Kier molecular flexibility index (Phi) is 6.29. The van der Waals surface area contributed by atoms with Gasteiger partial charge < -0.3 is 9.88 Å². The van der Waals surface area contributed by atoms with Gasteiger partial charge in [0.05, 0.1) is 17.5 Å². The van der Waals surface area contributed by atoms with Gasteiger partial charge in [-0.15, -0.1) is 0 Å². The highest BCUT2D eigenvalue weighted by molar-refractivity contribution is 7.99. The number of nitrogens with one attached hydrogen (secondary N) is 1. The Morgan fingerprint density at radius 2 is 1.88 bits per heavy atom. The summed E-state index contributed by atoms with van der Waals surface area (Å²) in [7, 11) is 0. The third kappa shape index (κ3) is 4.25. The molecule has 2 aliphatic rings. The summed E-state index contributed by atoms with van der Waals surface area (Å²) in [6.07, 6.45) is 11.0. The normalized spacial score (nSPS) is 20.5. The number of carbonyl (C=O) groups excluding carboxylic acids is 1. The van der Waals surface area contributed by atoms with Crippen LogP contribution in [-0.2, 0) is 4.79 Å². The lowest BCUT2D eigenvalue weighted by Gasteiger charge is -2.31. The number of aryl methyl sites for hydroxylation is 1. The number of rotatable bonds is 5. The highest BCUT2D eigenvalue weighted by atomic mass is 32.2. The van der Waals surface area contributed by atoms with Gasteiger partial charge in [-0.1, -0.05) is 50.3 Å². The van der Waals surface area contributed by atoms with E-state index in [1.165, 1.54) is 49.6 Å². The Bertz CT molecular complexity index is 679. The van der Waals surface area contributed by atoms with Crippen LogP contribution in [0.1, 0.15) is 81.6 Å². The van der Waals surface area contributed by atoms with E-state index in [9.17, 15) is 10.1 Å². The predicted molar refractivity (Wildman–Crippen MR) is 104 cm³/mol.